The third-order valence-corrected chi connectivity index (χ3v) is 4.91. The van der Waals surface area contributed by atoms with Gasteiger partial charge < -0.3 is 9.84 Å². The van der Waals surface area contributed by atoms with Gasteiger partial charge in [0.1, 0.15) is 5.75 Å². The number of rotatable bonds is 3. The van der Waals surface area contributed by atoms with E-state index in [1.807, 2.05) is 0 Å². The van der Waals surface area contributed by atoms with Gasteiger partial charge in [-0.05, 0) is 19.1 Å². The fourth-order valence-electron chi connectivity index (χ4n) is 1.83. The van der Waals surface area contributed by atoms with Gasteiger partial charge in [0.05, 0.1) is 18.3 Å². The van der Waals surface area contributed by atoms with Crippen LogP contribution in [0.15, 0.2) is 24.3 Å². The Bertz CT molecular complexity index is 679. The molecule has 0 saturated carbocycles. The van der Waals surface area contributed by atoms with Gasteiger partial charge >= 0.3 is 5.97 Å². The molecule has 1 aliphatic rings. The molecule has 20 heavy (non-hydrogen) atoms. The number of carboxylic acids is 1. The van der Waals surface area contributed by atoms with E-state index < -0.39 is 27.3 Å². The fourth-order valence-corrected chi connectivity index (χ4v) is 3.11. The maximum absolute atomic E-state index is 12.3. The summed E-state index contributed by atoms with van der Waals surface area (Å²) in [5, 5.41) is 16.6. The maximum atomic E-state index is 12.3. The molecule has 0 spiro atoms. The Morgan fingerprint density at radius 1 is 1.55 bits per heavy atom. The number of ether oxygens (including phenoxy) is 1. The minimum absolute atomic E-state index is 0.167. The van der Waals surface area contributed by atoms with Gasteiger partial charge in [-0.25, -0.2) is 13.2 Å². The summed E-state index contributed by atoms with van der Waals surface area (Å²) in [4.78, 5) is 11.1. The lowest BCUT2D eigenvalue weighted by Crippen LogP contribution is -2.49. The Morgan fingerprint density at radius 3 is 2.80 bits per heavy atom. The molecule has 2 atom stereocenters. The first-order valence-electron chi connectivity index (χ1n) is 5.77. The molecule has 0 saturated heterocycles. The van der Waals surface area contributed by atoms with Gasteiger partial charge in [-0.3, -0.25) is 4.31 Å². The van der Waals surface area contributed by atoms with Crippen molar-refractivity contribution in [3.05, 3.63) is 24.3 Å². The highest BCUT2D eigenvalue weighted by molar-refractivity contribution is 7.93. The van der Waals surface area contributed by atoms with Crippen LogP contribution in [-0.4, -0.2) is 37.4 Å². The fraction of sp³-hybridized carbons (Fsp3) is 0.333. The Morgan fingerprint density at radius 2 is 2.20 bits per heavy atom. The van der Waals surface area contributed by atoms with E-state index in [9.17, 15) is 13.2 Å². The van der Waals surface area contributed by atoms with Crippen molar-refractivity contribution < 1.29 is 23.1 Å². The van der Waals surface area contributed by atoms with Gasteiger partial charge in [0.15, 0.2) is 5.25 Å². The minimum atomic E-state index is -3.96. The van der Waals surface area contributed by atoms with Crippen LogP contribution in [-0.2, 0) is 14.8 Å². The van der Waals surface area contributed by atoms with Crippen molar-refractivity contribution in [2.45, 2.75) is 18.3 Å². The molecule has 1 N–H and O–H groups in total. The van der Waals surface area contributed by atoms with Gasteiger partial charge in [0.25, 0.3) is 10.0 Å². The van der Waals surface area contributed by atoms with Crippen LogP contribution in [0, 0.1) is 11.3 Å². The van der Waals surface area contributed by atoms with Crippen molar-refractivity contribution in [2.24, 2.45) is 0 Å². The first kappa shape index (κ1) is 14.1. The molecule has 1 aromatic carbocycles. The predicted octanol–water partition coefficient (Wildman–Crippen LogP) is 0.580. The summed E-state index contributed by atoms with van der Waals surface area (Å²) in [6.07, 6.45) is -1.30. The Balaban J connectivity index is 2.53. The molecule has 0 aromatic heterocycles. The largest absolute Gasteiger partial charge is 0.478 e. The Hall–Kier alpha value is -2.27. The van der Waals surface area contributed by atoms with Crippen LogP contribution < -0.4 is 9.04 Å². The number of para-hydroxylation sites is 2. The van der Waals surface area contributed by atoms with Crippen molar-refractivity contribution in [3.8, 4) is 11.8 Å². The number of carbonyl (C=O) groups is 1. The maximum Gasteiger partial charge on any atom is 0.346 e. The summed E-state index contributed by atoms with van der Waals surface area (Å²) in [5.74, 6) is -1.09. The van der Waals surface area contributed by atoms with E-state index in [1.54, 1.807) is 18.2 Å². The van der Waals surface area contributed by atoms with Crippen molar-refractivity contribution >= 4 is 21.7 Å². The number of hydrogen-bond acceptors (Lipinski definition) is 5. The molecule has 1 aliphatic heterocycles. The summed E-state index contributed by atoms with van der Waals surface area (Å²) < 4.78 is 30.8. The molecule has 7 nitrogen and oxygen atoms in total. The number of fused-ring (bicyclic) bond motifs is 1. The lowest BCUT2D eigenvalue weighted by molar-refractivity contribution is -0.144. The average Bonchev–Trinajstić information content (AvgIpc) is 2.44. The third-order valence-electron chi connectivity index (χ3n) is 2.95. The number of hydrogen-bond donors (Lipinski definition) is 1. The minimum Gasteiger partial charge on any atom is -0.478 e. The van der Waals surface area contributed by atoms with Gasteiger partial charge in [0.2, 0.25) is 6.10 Å². The van der Waals surface area contributed by atoms with Gasteiger partial charge in [-0.15, -0.1) is 0 Å². The number of carboxylic acid groups (broad SMARTS) is 1. The second kappa shape index (κ2) is 5.02. The Labute approximate surface area is 116 Å². The normalized spacial score (nSPS) is 19.4. The van der Waals surface area contributed by atoms with E-state index in [1.165, 1.54) is 19.1 Å². The van der Waals surface area contributed by atoms with Crippen molar-refractivity contribution in [1.29, 1.82) is 5.26 Å². The van der Waals surface area contributed by atoms with Gasteiger partial charge in [-0.2, -0.15) is 5.26 Å². The van der Waals surface area contributed by atoms with E-state index in [-0.39, 0.29) is 18.0 Å². The molecular weight excluding hydrogens is 284 g/mol. The number of aliphatic carboxylic acids is 1. The number of nitriles is 1. The zero-order chi connectivity index (χ0) is 14.9. The second-order valence-electron chi connectivity index (χ2n) is 4.26. The van der Waals surface area contributed by atoms with Crippen LogP contribution in [0.1, 0.15) is 6.92 Å². The zero-order valence-electron chi connectivity index (χ0n) is 10.6. The van der Waals surface area contributed by atoms with Crippen LogP contribution in [0.25, 0.3) is 0 Å². The molecule has 106 valence electrons. The van der Waals surface area contributed by atoms with E-state index in [0.717, 1.165) is 4.31 Å². The topological polar surface area (TPSA) is 108 Å². The summed E-state index contributed by atoms with van der Waals surface area (Å²) in [7, 11) is -3.96. The van der Waals surface area contributed by atoms with Crippen LogP contribution in [0.5, 0.6) is 5.75 Å². The molecule has 1 heterocycles. The van der Waals surface area contributed by atoms with Gasteiger partial charge in [0, 0.05) is 0 Å². The van der Waals surface area contributed by atoms with E-state index in [0.29, 0.717) is 0 Å². The smallest absolute Gasteiger partial charge is 0.346 e. The highest BCUT2D eigenvalue weighted by atomic mass is 32.2. The molecule has 0 fully saturated rings. The molecule has 2 rings (SSSR count). The third kappa shape index (κ3) is 2.28. The first-order chi connectivity index (χ1) is 9.37. The lowest BCUT2D eigenvalue weighted by Gasteiger charge is -2.34. The number of sulfonamides is 1. The van der Waals surface area contributed by atoms with Gasteiger partial charge in [-0.1, -0.05) is 12.1 Å². The highest BCUT2D eigenvalue weighted by Crippen LogP contribution is 2.35. The second-order valence-corrected chi connectivity index (χ2v) is 6.44. The van der Waals surface area contributed by atoms with Crippen molar-refractivity contribution in [2.75, 3.05) is 10.8 Å². The van der Waals surface area contributed by atoms with E-state index in [4.69, 9.17) is 15.1 Å². The predicted molar refractivity (Wildman–Crippen MR) is 69.8 cm³/mol. The van der Waals surface area contributed by atoms with Crippen LogP contribution >= 0.6 is 0 Å². The molecule has 0 bridgehead atoms. The zero-order valence-corrected chi connectivity index (χ0v) is 11.4. The highest BCUT2D eigenvalue weighted by Gasteiger charge is 2.39. The Kier molecular flexibility index (Phi) is 3.55. The first-order valence-corrected chi connectivity index (χ1v) is 7.28. The molecule has 1 aromatic rings. The molecule has 2 unspecified atom stereocenters. The molecule has 0 amide bonds. The van der Waals surface area contributed by atoms with Crippen LogP contribution in [0.2, 0.25) is 0 Å². The lowest BCUT2D eigenvalue weighted by atomic mass is 10.2. The molecular formula is C12H12N2O5S. The summed E-state index contributed by atoms with van der Waals surface area (Å²) in [5.41, 5.74) is 0.243. The van der Waals surface area contributed by atoms with Crippen LogP contribution in [0.3, 0.4) is 0 Å². The summed E-state index contributed by atoms with van der Waals surface area (Å²) in [6.45, 7) is 0.893. The van der Waals surface area contributed by atoms with E-state index in [2.05, 4.69) is 0 Å². The molecule has 8 heteroatoms. The molecule has 0 aliphatic carbocycles. The SMILES string of the molecule is CC(C#N)S(=O)(=O)N1CC(C(=O)O)Oc2ccccc21. The van der Waals surface area contributed by atoms with Crippen LogP contribution in [0.4, 0.5) is 5.69 Å². The van der Waals surface area contributed by atoms with Crippen molar-refractivity contribution in [1.82, 2.24) is 0 Å². The summed E-state index contributed by atoms with van der Waals surface area (Å²) in [6, 6.07) is 7.89. The average molecular weight is 296 g/mol. The summed E-state index contributed by atoms with van der Waals surface area (Å²) >= 11 is 0. The quantitative estimate of drug-likeness (QED) is 0.874. The van der Waals surface area contributed by atoms with E-state index >= 15 is 0 Å². The number of anilines is 1. The standard InChI is InChI=1S/C12H12N2O5S/c1-8(6-13)20(17,18)14-7-11(12(15)16)19-10-5-3-2-4-9(10)14/h2-5,8,11H,7H2,1H3,(H,15,16). The number of benzene rings is 1. The van der Waals surface area contributed by atoms with Crippen molar-refractivity contribution in [3.63, 3.8) is 0 Å². The monoisotopic (exact) mass is 296 g/mol. The number of nitrogens with zero attached hydrogens (tertiary/aromatic N) is 2. The molecule has 0 radical (unpaired) electrons.